The Hall–Kier alpha value is -2.16. The van der Waals surface area contributed by atoms with Gasteiger partial charge in [-0.05, 0) is 20.2 Å². The Bertz CT molecular complexity index is 544. The van der Waals surface area contributed by atoms with Gasteiger partial charge in [-0.25, -0.2) is 0 Å². The van der Waals surface area contributed by atoms with Crippen LogP contribution >= 0.6 is 0 Å². The van der Waals surface area contributed by atoms with E-state index in [4.69, 9.17) is 0 Å². The molecule has 0 heterocycles. The summed E-state index contributed by atoms with van der Waals surface area (Å²) in [7, 11) is 3.50. The summed E-state index contributed by atoms with van der Waals surface area (Å²) in [6, 6.07) is 2.04. The number of likely N-dealkylation sites (N-methyl/N-ethyl adjacent to an activating group) is 1. The Morgan fingerprint density at radius 3 is 2.48 bits per heavy atom. The van der Waals surface area contributed by atoms with Crippen molar-refractivity contribution < 1.29 is 22.9 Å². The molecule has 0 fully saturated rings. The minimum atomic E-state index is -4.85. The fourth-order valence-electron chi connectivity index (χ4n) is 1.57. The number of hydrogen-bond donors (Lipinski definition) is 1. The summed E-state index contributed by atoms with van der Waals surface area (Å²) in [4.78, 5) is 23.1. The van der Waals surface area contributed by atoms with Crippen LogP contribution in [0.15, 0.2) is 18.2 Å². The minimum absolute atomic E-state index is 0.167. The largest absolute Gasteiger partial charge is 0.417 e. The molecular formula is C12H14F3N3O3. The van der Waals surface area contributed by atoms with Gasteiger partial charge in [0.15, 0.2) is 0 Å². The predicted octanol–water partition coefficient (Wildman–Crippen LogP) is 1.91. The maximum absolute atomic E-state index is 12.9. The summed E-state index contributed by atoms with van der Waals surface area (Å²) in [5.41, 5.74) is -2.67. The number of nitro benzene ring substituents is 1. The van der Waals surface area contributed by atoms with Crippen LogP contribution in [0.5, 0.6) is 0 Å². The molecule has 0 spiro atoms. The number of carbonyl (C=O) groups is 1. The Labute approximate surface area is 118 Å². The monoisotopic (exact) mass is 305 g/mol. The lowest BCUT2D eigenvalue weighted by Crippen LogP contribution is -2.32. The number of alkyl halides is 3. The van der Waals surface area contributed by atoms with Crippen LogP contribution in [0.4, 0.5) is 18.9 Å². The van der Waals surface area contributed by atoms with E-state index < -0.39 is 33.8 Å². The summed E-state index contributed by atoms with van der Waals surface area (Å²) in [5.74, 6) is -0.918. The Balaban J connectivity index is 3.05. The van der Waals surface area contributed by atoms with Crippen molar-refractivity contribution in [2.45, 2.75) is 6.18 Å². The van der Waals surface area contributed by atoms with E-state index in [0.29, 0.717) is 12.6 Å². The van der Waals surface area contributed by atoms with Crippen molar-refractivity contribution in [2.24, 2.45) is 0 Å². The molecule has 1 aromatic carbocycles. The number of carbonyl (C=O) groups excluding carboxylic acids is 1. The van der Waals surface area contributed by atoms with E-state index in [1.54, 1.807) is 19.0 Å². The van der Waals surface area contributed by atoms with Crippen molar-refractivity contribution in [3.63, 3.8) is 0 Å². The Kier molecular flexibility index (Phi) is 5.25. The quantitative estimate of drug-likeness (QED) is 0.666. The molecule has 0 aliphatic carbocycles. The highest BCUT2D eigenvalue weighted by atomic mass is 19.4. The summed E-state index contributed by atoms with van der Waals surface area (Å²) in [6.45, 7) is 0.625. The van der Waals surface area contributed by atoms with Gasteiger partial charge in [-0.1, -0.05) is 0 Å². The number of benzene rings is 1. The standard InChI is InChI=1S/C12H14F3N3O3/c1-17(2)6-5-16-11(19)9-4-3-8(18(20)21)7-10(9)12(13,14)15/h3-4,7H,5-6H2,1-2H3,(H,16,19). The smallest absolute Gasteiger partial charge is 0.351 e. The molecule has 6 nitrogen and oxygen atoms in total. The molecule has 0 radical (unpaired) electrons. The van der Waals surface area contributed by atoms with Crippen molar-refractivity contribution in [3.05, 3.63) is 39.4 Å². The Morgan fingerprint density at radius 2 is 2.00 bits per heavy atom. The van der Waals surface area contributed by atoms with Crippen molar-refractivity contribution in [2.75, 3.05) is 27.2 Å². The summed E-state index contributed by atoms with van der Waals surface area (Å²) < 4.78 is 38.7. The van der Waals surface area contributed by atoms with Crippen LogP contribution in [0.1, 0.15) is 15.9 Å². The van der Waals surface area contributed by atoms with Crippen LogP contribution in [0, 0.1) is 10.1 Å². The van der Waals surface area contributed by atoms with Crippen molar-refractivity contribution in [1.29, 1.82) is 0 Å². The van der Waals surface area contributed by atoms with Crippen LogP contribution < -0.4 is 5.32 Å². The predicted molar refractivity (Wildman–Crippen MR) is 69.0 cm³/mol. The second-order valence-corrected chi connectivity index (χ2v) is 4.54. The van der Waals surface area contributed by atoms with Gasteiger partial charge in [0.25, 0.3) is 11.6 Å². The lowest BCUT2D eigenvalue weighted by Gasteiger charge is -2.14. The number of amides is 1. The van der Waals surface area contributed by atoms with Crippen molar-refractivity contribution in [1.82, 2.24) is 10.2 Å². The molecule has 0 aliphatic rings. The van der Waals surface area contributed by atoms with Crippen molar-refractivity contribution >= 4 is 11.6 Å². The molecule has 1 amide bonds. The highest BCUT2D eigenvalue weighted by Crippen LogP contribution is 2.34. The molecular weight excluding hydrogens is 291 g/mol. The molecule has 0 saturated carbocycles. The third-order valence-corrected chi connectivity index (χ3v) is 2.61. The molecule has 0 saturated heterocycles. The highest BCUT2D eigenvalue weighted by molar-refractivity contribution is 5.96. The third-order valence-electron chi connectivity index (χ3n) is 2.61. The van der Waals surface area contributed by atoms with E-state index >= 15 is 0 Å². The van der Waals surface area contributed by atoms with E-state index in [0.717, 1.165) is 12.1 Å². The lowest BCUT2D eigenvalue weighted by molar-refractivity contribution is -0.385. The number of hydrogen-bond acceptors (Lipinski definition) is 4. The number of halogens is 3. The zero-order chi connectivity index (χ0) is 16.2. The van der Waals surface area contributed by atoms with Crippen LogP contribution in [0.3, 0.4) is 0 Å². The molecule has 1 N–H and O–H groups in total. The van der Waals surface area contributed by atoms with Gasteiger partial charge in [0.1, 0.15) is 0 Å². The van der Waals surface area contributed by atoms with Gasteiger partial charge in [-0.15, -0.1) is 0 Å². The van der Waals surface area contributed by atoms with E-state index in [2.05, 4.69) is 5.32 Å². The molecule has 0 aromatic heterocycles. The molecule has 9 heteroatoms. The zero-order valence-corrected chi connectivity index (χ0v) is 11.4. The molecule has 1 aromatic rings. The van der Waals surface area contributed by atoms with E-state index in [1.165, 1.54) is 0 Å². The highest BCUT2D eigenvalue weighted by Gasteiger charge is 2.36. The minimum Gasteiger partial charge on any atom is -0.351 e. The molecule has 21 heavy (non-hydrogen) atoms. The van der Waals surface area contributed by atoms with Gasteiger partial charge in [-0.2, -0.15) is 13.2 Å². The van der Waals surface area contributed by atoms with Gasteiger partial charge in [0.2, 0.25) is 0 Å². The van der Waals surface area contributed by atoms with Crippen LogP contribution in [0.25, 0.3) is 0 Å². The normalized spacial score (nSPS) is 11.5. The topological polar surface area (TPSA) is 75.5 Å². The van der Waals surface area contributed by atoms with Gasteiger partial charge >= 0.3 is 6.18 Å². The van der Waals surface area contributed by atoms with Crippen LogP contribution in [0.2, 0.25) is 0 Å². The third kappa shape index (κ3) is 4.71. The fourth-order valence-corrected chi connectivity index (χ4v) is 1.57. The molecule has 0 bridgehead atoms. The molecule has 0 atom stereocenters. The van der Waals surface area contributed by atoms with Gasteiger partial charge < -0.3 is 10.2 Å². The average molecular weight is 305 g/mol. The van der Waals surface area contributed by atoms with Crippen LogP contribution in [-0.2, 0) is 6.18 Å². The number of nitrogens with one attached hydrogen (secondary N) is 1. The second-order valence-electron chi connectivity index (χ2n) is 4.54. The molecule has 0 aliphatic heterocycles. The number of rotatable bonds is 5. The summed E-state index contributed by atoms with van der Waals surface area (Å²) in [6.07, 6.45) is -4.85. The van der Waals surface area contributed by atoms with E-state index in [-0.39, 0.29) is 6.54 Å². The average Bonchev–Trinajstić information content (AvgIpc) is 2.36. The first-order chi connectivity index (χ1) is 9.62. The SMILES string of the molecule is CN(C)CCNC(=O)c1ccc([N+](=O)[O-])cc1C(F)(F)F. The van der Waals surface area contributed by atoms with Gasteiger partial charge in [-0.3, -0.25) is 14.9 Å². The number of nitro groups is 1. The lowest BCUT2D eigenvalue weighted by atomic mass is 10.1. The molecule has 116 valence electrons. The van der Waals surface area contributed by atoms with Crippen molar-refractivity contribution in [3.8, 4) is 0 Å². The first-order valence-electron chi connectivity index (χ1n) is 5.91. The van der Waals surface area contributed by atoms with Gasteiger partial charge in [0, 0.05) is 25.2 Å². The zero-order valence-electron chi connectivity index (χ0n) is 11.4. The number of non-ortho nitro benzene ring substituents is 1. The Morgan fingerprint density at radius 1 is 1.38 bits per heavy atom. The van der Waals surface area contributed by atoms with Crippen LogP contribution in [-0.4, -0.2) is 42.9 Å². The molecule has 1 rings (SSSR count). The fraction of sp³-hybridized carbons (Fsp3) is 0.417. The summed E-state index contributed by atoms with van der Waals surface area (Å²) in [5, 5.41) is 12.9. The second kappa shape index (κ2) is 6.53. The maximum atomic E-state index is 12.9. The van der Waals surface area contributed by atoms with E-state index in [9.17, 15) is 28.1 Å². The number of nitrogens with zero attached hydrogens (tertiary/aromatic N) is 2. The maximum Gasteiger partial charge on any atom is 0.417 e. The van der Waals surface area contributed by atoms with E-state index in [1.807, 2.05) is 0 Å². The summed E-state index contributed by atoms with van der Waals surface area (Å²) >= 11 is 0. The first-order valence-corrected chi connectivity index (χ1v) is 5.91. The van der Waals surface area contributed by atoms with Gasteiger partial charge in [0.05, 0.1) is 16.1 Å². The first kappa shape index (κ1) is 16.9. The molecule has 0 unspecified atom stereocenters.